The Morgan fingerprint density at radius 2 is 2.39 bits per heavy atom. The number of hydrogen-bond acceptors (Lipinski definition) is 4. The number of nitrogens with one attached hydrogen (secondary N) is 2. The number of piperidine rings is 1. The van der Waals surface area contributed by atoms with Gasteiger partial charge in [-0.1, -0.05) is 13.3 Å². The third-order valence-corrected chi connectivity index (χ3v) is 3.54. The van der Waals surface area contributed by atoms with Crippen LogP contribution < -0.4 is 10.6 Å². The Bertz CT molecular complexity index is 247. The number of carbonyl (C=O) groups is 1. The number of aliphatic hydroxyl groups excluding tert-OH is 1. The smallest absolute Gasteiger partial charge is 0.227 e. The number of methoxy groups -OCH3 is 1. The molecule has 1 heterocycles. The second-order valence-electron chi connectivity index (χ2n) is 5.13. The summed E-state index contributed by atoms with van der Waals surface area (Å²) in [5.74, 6) is 0.0618. The van der Waals surface area contributed by atoms with Crippen LogP contribution in [0.5, 0.6) is 0 Å². The second kappa shape index (κ2) is 7.71. The molecule has 0 spiro atoms. The minimum absolute atomic E-state index is 0.0618. The van der Waals surface area contributed by atoms with E-state index in [2.05, 4.69) is 17.6 Å². The molecule has 1 saturated heterocycles. The van der Waals surface area contributed by atoms with Gasteiger partial charge in [0.05, 0.1) is 18.1 Å². The molecule has 18 heavy (non-hydrogen) atoms. The van der Waals surface area contributed by atoms with Crippen molar-refractivity contribution < 1.29 is 14.6 Å². The maximum absolute atomic E-state index is 12.3. The van der Waals surface area contributed by atoms with Crippen molar-refractivity contribution in [2.45, 2.75) is 38.7 Å². The summed E-state index contributed by atoms with van der Waals surface area (Å²) < 4.78 is 4.84. The number of aliphatic hydroxyl groups is 1. The zero-order valence-electron chi connectivity index (χ0n) is 11.5. The van der Waals surface area contributed by atoms with Crippen LogP contribution in [0, 0.1) is 5.41 Å². The molecule has 1 aliphatic rings. The molecule has 1 amide bonds. The van der Waals surface area contributed by atoms with Gasteiger partial charge in [-0.05, 0) is 25.8 Å². The predicted molar refractivity (Wildman–Crippen MR) is 70.3 cm³/mol. The first-order valence-electron chi connectivity index (χ1n) is 6.80. The molecule has 0 bridgehead atoms. The van der Waals surface area contributed by atoms with Gasteiger partial charge >= 0.3 is 0 Å². The molecule has 0 aliphatic carbocycles. The quantitative estimate of drug-likeness (QED) is 0.613. The average molecular weight is 258 g/mol. The van der Waals surface area contributed by atoms with E-state index in [4.69, 9.17) is 4.74 Å². The van der Waals surface area contributed by atoms with Crippen LogP contribution in [0.25, 0.3) is 0 Å². The van der Waals surface area contributed by atoms with Gasteiger partial charge in [0.15, 0.2) is 0 Å². The first-order valence-corrected chi connectivity index (χ1v) is 6.80. The molecule has 0 saturated carbocycles. The normalized spacial score (nSPS) is 25.7. The van der Waals surface area contributed by atoms with Gasteiger partial charge in [-0.15, -0.1) is 0 Å². The van der Waals surface area contributed by atoms with Crippen molar-refractivity contribution in [2.75, 3.05) is 33.4 Å². The second-order valence-corrected chi connectivity index (χ2v) is 5.13. The van der Waals surface area contributed by atoms with Gasteiger partial charge in [0, 0.05) is 20.2 Å². The van der Waals surface area contributed by atoms with Crippen molar-refractivity contribution in [3.8, 4) is 0 Å². The van der Waals surface area contributed by atoms with Crippen LogP contribution >= 0.6 is 0 Å². The van der Waals surface area contributed by atoms with Crippen LogP contribution in [-0.4, -0.2) is 50.5 Å². The van der Waals surface area contributed by atoms with E-state index < -0.39 is 6.10 Å². The Kier molecular flexibility index (Phi) is 6.60. The topological polar surface area (TPSA) is 70.6 Å². The molecule has 0 radical (unpaired) electrons. The minimum Gasteiger partial charge on any atom is -0.389 e. The molecule has 2 unspecified atom stereocenters. The first kappa shape index (κ1) is 15.4. The molecule has 0 aromatic heterocycles. The highest BCUT2D eigenvalue weighted by atomic mass is 16.5. The lowest BCUT2D eigenvalue weighted by Crippen LogP contribution is -2.51. The van der Waals surface area contributed by atoms with Gasteiger partial charge in [0.2, 0.25) is 5.91 Å². The van der Waals surface area contributed by atoms with E-state index in [0.29, 0.717) is 0 Å². The molecule has 0 aromatic rings. The Morgan fingerprint density at radius 3 is 2.94 bits per heavy atom. The molecule has 5 nitrogen and oxygen atoms in total. The van der Waals surface area contributed by atoms with Crippen LogP contribution in [0.1, 0.15) is 32.6 Å². The van der Waals surface area contributed by atoms with E-state index in [0.717, 1.165) is 38.8 Å². The molecule has 1 fully saturated rings. The summed E-state index contributed by atoms with van der Waals surface area (Å²) >= 11 is 0. The lowest BCUT2D eigenvalue weighted by molar-refractivity contribution is -0.133. The summed E-state index contributed by atoms with van der Waals surface area (Å²) in [7, 11) is 1.54. The SMILES string of the molecule is CCCC1(C(=O)NCC(O)COC)CCCNC1. The van der Waals surface area contributed by atoms with E-state index in [1.54, 1.807) is 0 Å². The van der Waals surface area contributed by atoms with Crippen LogP contribution in [0.3, 0.4) is 0 Å². The Hall–Kier alpha value is -0.650. The fraction of sp³-hybridized carbons (Fsp3) is 0.923. The van der Waals surface area contributed by atoms with E-state index in [1.165, 1.54) is 7.11 Å². The first-order chi connectivity index (χ1) is 8.64. The predicted octanol–water partition coefficient (Wildman–Crippen LogP) is 0.280. The van der Waals surface area contributed by atoms with Crippen molar-refractivity contribution in [2.24, 2.45) is 5.41 Å². The summed E-state index contributed by atoms with van der Waals surface area (Å²) in [4.78, 5) is 12.3. The van der Waals surface area contributed by atoms with Gasteiger partial charge in [0.1, 0.15) is 0 Å². The maximum Gasteiger partial charge on any atom is 0.227 e. The molecule has 106 valence electrons. The van der Waals surface area contributed by atoms with Crippen molar-refractivity contribution in [3.05, 3.63) is 0 Å². The Morgan fingerprint density at radius 1 is 1.61 bits per heavy atom. The van der Waals surface area contributed by atoms with Crippen LogP contribution in [0.2, 0.25) is 0 Å². The fourth-order valence-corrected chi connectivity index (χ4v) is 2.62. The number of carbonyl (C=O) groups excluding carboxylic acids is 1. The van der Waals surface area contributed by atoms with Gasteiger partial charge in [0.25, 0.3) is 0 Å². The maximum atomic E-state index is 12.3. The van der Waals surface area contributed by atoms with Gasteiger partial charge < -0.3 is 20.5 Å². The lowest BCUT2D eigenvalue weighted by Gasteiger charge is -2.36. The summed E-state index contributed by atoms with van der Waals surface area (Å²) in [5.41, 5.74) is -0.292. The highest BCUT2D eigenvalue weighted by Crippen LogP contribution is 2.31. The monoisotopic (exact) mass is 258 g/mol. The van der Waals surface area contributed by atoms with Gasteiger partial charge in [-0.3, -0.25) is 4.79 Å². The van der Waals surface area contributed by atoms with Crippen LogP contribution in [0.15, 0.2) is 0 Å². The summed E-state index contributed by atoms with van der Waals surface area (Å²) in [6.45, 7) is 4.35. The van der Waals surface area contributed by atoms with E-state index >= 15 is 0 Å². The average Bonchev–Trinajstić information content (AvgIpc) is 2.38. The largest absolute Gasteiger partial charge is 0.389 e. The number of amides is 1. The van der Waals surface area contributed by atoms with Gasteiger partial charge in [-0.2, -0.15) is 0 Å². The van der Waals surface area contributed by atoms with Crippen LogP contribution in [-0.2, 0) is 9.53 Å². The molecule has 1 aliphatic heterocycles. The van der Waals surface area contributed by atoms with Crippen molar-refractivity contribution in [3.63, 3.8) is 0 Å². The molecule has 5 heteroatoms. The highest BCUT2D eigenvalue weighted by molar-refractivity contribution is 5.83. The standard InChI is InChI=1S/C13H26N2O3/c1-3-5-13(6-4-7-14-10-13)12(17)15-8-11(16)9-18-2/h11,14,16H,3-10H2,1-2H3,(H,15,17). The number of hydrogen-bond donors (Lipinski definition) is 3. The van der Waals surface area contributed by atoms with E-state index in [-0.39, 0.29) is 24.5 Å². The van der Waals surface area contributed by atoms with Gasteiger partial charge in [-0.25, -0.2) is 0 Å². The Balaban J connectivity index is 2.49. The van der Waals surface area contributed by atoms with Crippen LogP contribution in [0.4, 0.5) is 0 Å². The lowest BCUT2D eigenvalue weighted by atomic mass is 9.76. The fourth-order valence-electron chi connectivity index (χ4n) is 2.62. The highest BCUT2D eigenvalue weighted by Gasteiger charge is 2.38. The van der Waals surface area contributed by atoms with E-state index in [1.807, 2.05) is 0 Å². The third kappa shape index (κ3) is 4.23. The molecule has 0 aromatic carbocycles. The van der Waals surface area contributed by atoms with Crippen molar-refractivity contribution >= 4 is 5.91 Å². The van der Waals surface area contributed by atoms with E-state index in [9.17, 15) is 9.90 Å². The molecule has 2 atom stereocenters. The summed E-state index contributed by atoms with van der Waals surface area (Å²) in [6.07, 6.45) is 3.23. The zero-order chi connectivity index (χ0) is 13.4. The molecule has 1 rings (SSSR count). The molecule has 3 N–H and O–H groups in total. The molecular formula is C13H26N2O3. The third-order valence-electron chi connectivity index (χ3n) is 3.54. The van der Waals surface area contributed by atoms with Crippen molar-refractivity contribution in [1.29, 1.82) is 0 Å². The molecular weight excluding hydrogens is 232 g/mol. The number of rotatable bonds is 7. The summed E-state index contributed by atoms with van der Waals surface area (Å²) in [5, 5.41) is 15.7. The Labute approximate surface area is 109 Å². The van der Waals surface area contributed by atoms with Crippen molar-refractivity contribution in [1.82, 2.24) is 10.6 Å². The summed E-state index contributed by atoms with van der Waals surface area (Å²) in [6, 6.07) is 0. The zero-order valence-corrected chi connectivity index (χ0v) is 11.5. The minimum atomic E-state index is -0.630. The number of ether oxygens (including phenoxy) is 1.